The van der Waals surface area contributed by atoms with Crippen LogP contribution in [0.1, 0.15) is 10.4 Å². The molecule has 0 atom stereocenters. The van der Waals surface area contributed by atoms with Crippen molar-refractivity contribution < 1.29 is 26.7 Å². The smallest absolute Gasteiger partial charge is 0.258 e. The Labute approximate surface area is 120 Å². The number of carbonyl (C=O) groups is 1. The highest BCUT2D eigenvalue weighted by Gasteiger charge is 2.23. The van der Waals surface area contributed by atoms with Gasteiger partial charge in [-0.25, -0.2) is 22.0 Å². The number of halogens is 6. The van der Waals surface area contributed by atoms with E-state index in [2.05, 4.69) is 0 Å². The van der Waals surface area contributed by atoms with E-state index in [-0.39, 0.29) is 16.8 Å². The maximum absolute atomic E-state index is 13.4. The Morgan fingerprint density at radius 3 is 2.19 bits per heavy atom. The van der Waals surface area contributed by atoms with E-state index in [1.165, 1.54) is 6.07 Å². The van der Waals surface area contributed by atoms with Crippen molar-refractivity contribution in [3.63, 3.8) is 0 Å². The molecule has 0 aliphatic carbocycles. The lowest BCUT2D eigenvalue weighted by atomic mass is 10.1. The molecule has 2 aromatic carbocycles. The monoisotopic (exact) mass is 321 g/mol. The molecule has 0 aliphatic heterocycles. The van der Waals surface area contributed by atoms with E-state index in [1.54, 1.807) is 0 Å². The summed E-state index contributed by atoms with van der Waals surface area (Å²) in [5, 5.41) is 1.95. The van der Waals surface area contributed by atoms with Gasteiger partial charge in [-0.3, -0.25) is 4.79 Å². The Morgan fingerprint density at radius 1 is 0.905 bits per heavy atom. The third kappa shape index (κ3) is 2.97. The van der Waals surface area contributed by atoms with Crippen LogP contribution < -0.4 is 5.32 Å². The number of hydrogen-bond acceptors (Lipinski definition) is 1. The topological polar surface area (TPSA) is 29.1 Å². The number of benzene rings is 2. The lowest BCUT2D eigenvalue weighted by molar-refractivity contribution is 0.102. The summed E-state index contributed by atoms with van der Waals surface area (Å²) in [6, 6.07) is 3.36. The molecule has 0 aromatic heterocycles. The van der Waals surface area contributed by atoms with E-state index in [1.807, 2.05) is 5.32 Å². The first-order valence-electron chi connectivity index (χ1n) is 5.40. The van der Waals surface area contributed by atoms with Crippen molar-refractivity contribution in [2.45, 2.75) is 0 Å². The second kappa shape index (κ2) is 5.69. The highest BCUT2D eigenvalue weighted by atomic mass is 35.5. The normalized spacial score (nSPS) is 10.6. The predicted octanol–water partition coefficient (Wildman–Crippen LogP) is 4.29. The summed E-state index contributed by atoms with van der Waals surface area (Å²) in [5.74, 6) is -10.1. The third-order valence-electron chi connectivity index (χ3n) is 2.53. The van der Waals surface area contributed by atoms with Gasteiger partial charge in [-0.05, 0) is 24.3 Å². The van der Waals surface area contributed by atoms with Crippen LogP contribution in [0.3, 0.4) is 0 Å². The highest BCUT2D eigenvalue weighted by molar-refractivity contribution is 6.30. The summed E-state index contributed by atoms with van der Waals surface area (Å²) < 4.78 is 65.6. The second-order valence-corrected chi connectivity index (χ2v) is 4.36. The van der Waals surface area contributed by atoms with Crippen LogP contribution in [0.15, 0.2) is 24.3 Å². The van der Waals surface area contributed by atoms with E-state index in [9.17, 15) is 26.7 Å². The molecule has 2 nitrogen and oxygen atoms in total. The average Bonchev–Trinajstić information content (AvgIpc) is 2.43. The number of anilines is 1. The first-order valence-corrected chi connectivity index (χ1v) is 5.78. The molecule has 0 bridgehead atoms. The summed E-state index contributed by atoms with van der Waals surface area (Å²) in [4.78, 5) is 11.7. The molecule has 0 aliphatic rings. The van der Waals surface area contributed by atoms with Gasteiger partial charge in [0.25, 0.3) is 5.91 Å². The minimum Gasteiger partial charge on any atom is -0.319 e. The van der Waals surface area contributed by atoms with Gasteiger partial charge in [0.15, 0.2) is 23.3 Å². The van der Waals surface area contributed by atoms with Gasteiger partial charge in [0.2, 0.25) is 0 Å². The number of hydrogen-bond donors (Lipinski definition) is 1. The molecule has 0 saturated carbocycles. The Hall–Kier alpha value is -2.15. The van der Waals surface area contributed by atoms with Crippen molar-refractivity contribution in [3.05, 3.63) is 63.9 Å². The number of rotatable bonds is 2. The van der Waals surface area contributed by atoms with Crippen LogP contribution in [0.25, 0.3) is 0 Å². The lowest BCUT2D eigenvalue weighted by Gasteiger charge is -2.08. The molecule has 110 valence electrons. The molecule has 21 heavy (non-hydrogen) atoms. The minimum atomic E-state index is -2.13. The summed E-state index contributed by atoms with van der Waals surface area (Å²) in [7, 11) is 0. The second-order valence-electron chi connectivity index (χ2n) is 3.93. The fraction of sp³-hybridized carbons (Fsp3) is 0. The molecule has 0 heterocycles. The van der Waals surface area contributed by atoms with Crippen LogP contribution in [0, 0.1) is 29.1 Å². The fourth-order valence-corrected chi connectivity index (χ4v) is 1.68. The fourth-order valence-electron chi connectivity index (χ4n) is 1.52. The van der Waals surface area contributed by atoms with E-state index < -0.39 is 40.6 Å². The molecular formula is C13H5ClF5NO. The lowest BCUT2D eigenvalue weighted by Crippen LogP contribution is -2.17. The summed E-state index contributed by atoms with van der Waals surface area (Å²) in [6.45, 7) is 0. The molecule has 1 N–H and O–H groups in total. The van der Waals surface area contributed by atoms with Crippen molar-refractivity contribution in [1.29, 1.82) is 0 Å². The molecule has 2 aromatic rings. The molecule has 8 heteroatoms. The van der Waals surface area contributed by atoms with Gasteiger partial charge in [-0.15, -0.1) is 0 Å². The molecule has 2 rings (SSSR count). The Balaban J connectivity index is 2.37. The van der Waals surface area contributed by atoms with Crippen molar-refractivity contribution in [3.8, 4) is 0 Å². The number of nitrogens with one attached hydrogen (secondary N) is 1. The standard InChI is InChI=1S/C13H5ClF5NO/c14-5-1-2-9(7(15)3-5)20-13(21)6-4-8(16)11(18)12(19)10(6)17/h1-4H,(H,20,21). The van der Waals surface area contributed by atoms with Crippen molar-refractivity contribution >= 4 is 23.2 Å². The van der Waals surface area contributed by atoms with Crippen LogP contribution in [-0.2, 0) is 0 Å². The number of carbonyl (C=O) groups excluding carboxylic acids is 1. The molecular weight excluding hydrogens is 317 g/mol. The zero-order chi connectivity index (χ0) is 15.7. The molecule has 0 fully saturated rings. The molecule has 0 saturated heterocycles. The average molecular weight is 322 g/mol. The van der Waals surface area contributed by atoms with E-state index >= 15 is 0 Å². The van der Waals surface area contributed by atoms with Crippen molar-refractivity contribution in [2.75, 3.05) is 5.32 Å². The van der Waals surface area contributed by atoms with Gasteiger partial charge in [0.05, 0.1) is 11.3 Å². The highest BCUT2D eigenvalue weighted by Crippen LogP contribution is 2.22. The summed E-state index contributed by atoms with van der Waals surface area (Å²) >= 11 is 5.50. The van der Waals surface area contributed by atoms with Gasteiger partial charge in [-0.1, -0.05) is 11.6 Å². The van der Waals surface area contributed by atoms with Gasteiger partial charge in [0.1, 0.15) is 5.82 Å². The van der Waals surface area contributed by atoms with Crippen LogP contribution >= 0.6 is 11.6 Å². The van der Waals surface area contributed by atoms with Gasteiger partial charge < -0.3 is 5.32 Å². The maximum Gasteiger partial charge on any atom is 0.258 e. The zero-order valence-corrected chi connectivity index (χ0v) is 10.7. The van der Waals surface area contributed by atoms with Gasteiger partial charge in [-0.2, -0.15) is 0 Å². The van der Waals surface area contributed by atoms with E-state index in [0.717, 1.165) is 12.1 Å². The van der Waals surface area contributed by atoms with Crippen LogP contribution in [0.2, 0.25) is 5.02 Å². The van der Waals surface area contributed by atoms with Crippen LogP contribution in [0.4, 0.5) is 27.6 Å². The van der Waals surface area contributed by atoms with Crippen molar-refractivity contribution in [2.24, 2.45) is 0 Å². The van der Waals surface area contributed by atoms with Crippen LogP contribution in [0.5, 0.6) is 0 Å². The Morgan fingerprint density at radius 2 is 1.57 bits per heavy atom. The molecule has 0 unspecified atom stereocenters. The summed E-state index contributed by atoms with van der Waals surface area (Å²) in [5.41, 5.74) is -1.48. The Kier molecular flexibility index (Phi) is 4.13. The quantitative estimate of drug-likeness (QED) is 0.499. The molecule has 0 radical (unpaired) electrons. The van der Waals surface area contributed by atoms with Crippen LogP contribution in [-0.4, -0.2) is 5.91 Å². The minimum absolute atomic E-state index is 0.0514. The third-order valence-corrected chi connectivity index (χ3v) is 2.76. The van der Waals surface area contributed by atoms with Gasteiger partial charge >= 0.3 is 0 Å². The van der Waals surface area contributed by atoms with E-state index in [0.29, 0.717) is 0 Å². The first kappa shape index (κ1) is 15.2. The zero-order valence-electron chi connectivity index (χ0n) is 9.99. The number of amides is 1. The Bertz CT molecular complexity index is 735. The summed E-state index contributed by atoms with van der Waals surface area (Å²) in [6.07, 6.45) is 0. The van der Waals surface area contributed by atoms with Crippen molar-refractivity contribution in [1.82, 2.24) is 0 Å². The van der Waals surface area contributed by atoms with E-state index in [4.69, 9.17) is 11.6 Å². The first-order chi connectivity index (χ1) is 9.81. The predicted molar refractivity (Wildman–Crippen MR) is 65.6 cm³/mol. The van der Waals surface area contributed by atoms with Gasteiger partial charge in [0, 0.05) is 5.02 Å². The molecule has 1 amide bonds. The maximum atomic E-state index is 13.4. The largest absolute Gasteiger partial charge is 0.319 e. The SMILES string of the molecule is O=C(Nc1ccc(Cl)cc1F)c1cc(F)c(F)c(F)c1F. The molecule has 0 spiro atoms.